The van der Waals surface area contributed by atoms with Gasteiger partial charge in [0.1, 0.15) is 10.6 Å². The largest absolute Gasteiger partial charge is 0.383 e. The molecular weight excluding hydrogens is 286 g/mol. The van der Waals surface area contributed by atoms with Crippen LogP contribution in [0.15, 0.2) is 17.3 Å². The number of thioether (sulfide) groups is 1. The highest BCUT2D eigenvalue weighted by atomic mass is 32.2. The molecule has 3 rings (SSSR count). The first kappa shape index (κ1) is 13.9. The summed E-state index contributed by atoms with van der Waals surface area (Å²) in [5, 5.41) is 1.88. The van der Waals surface area contributed by atoms with Gasteiger partial charge in [-0.05, 0) is 37.7 Å². The van der Waals surface area contributed by atoms with Crippen LogP contribution in [0, 0.1) is 5.92 Å². The summed E-state index contributed by atoms with van der Waals surface area (Å²) >= 11 is 3.41. The topological polar surface area (TPSA) is 51.8 Å². The molecule has 1 atom stereocenters. The van der Waals surface area contributed by atoms with E-state index in [0.29, 0.717) is 5.82 Å². The summed E-state index contributed by atoms with van der Waals surface area (Å²) in [6.45, 7) is 8.24. The number of thiophene rings is 1. The quantitative estimate of drug-likeness (QED) is 0.527. The highest BCUT2D eigenvalue weighted by molar-refractivity contribution is 7.99. The average molecular weight is 305 g/mol. The number of hydrogen-bond donors (Lipinski definition) is 1. The van der Waals surface area contributed by atoms with Crippen LogP contribution in [0.5, 0.6) is 0 Å². The molecule has 2 N–H and O–H groups in total. The number of nitrogens with zero attached hydrogens (tertiary/aromatic N) is 2. The minimum atomic E-state index is 0.645. The molecule has 0 bridgehead atoms. The molecule has 1 aliphatic rings. The van der Waals surface area contributed by atoms with Gasteiger partial charge in [-0.1, -0.05) is 30.8 Å². The number of anilines is 1. The summed E-state index contributed by atoms with van der Waals surface area (Å²) in [5.41, 5.74) is 8.71. The van der Waals surface area contributed by atoms with E-state index in [-0.39, 0.29) is 0 Å². The Morgan fingerprint density at radius 3 is 3.05 bits per heavy atom. The molecule has 0 saturated heterocycles. The van der Waals surface area contributed by atoms with E-state index in [0.717, 1.165) is 45.5 Å². The van der Waals surface area contributed by atoms with E-state index < -0.39 is 0 Å². The van der Waals surface area contributed by atoms with E-state index in [9.17, 15) is 0 Å². The summed E-state index contributed by atoms with van der Waals surface area (Å²) in [6, 6.07) is 0. The Kier molecular flexibility index (Phi) is 3.73. The molecule has 1 aliphatic carbocycles. The van der Waals surface area contributed by atoms with Crippen molar-refractivity contribution >= 4 is 39.1 Å². The zero-order valence-corrected chi connectivity index (χ0v) is 13.5. The lowest BCUT2D eigenvalue weighted by Crippen LogP contribution is -2.09. The van der Waals surface area contributed by atoms with E-state index >= 15 is 0 Å². The molecule has 106 valence electrons. The van der Waals surface area contributed by atoms with Gasteiger partial charge in [-0.25, -0.2) is 9.97 Å². The van der Waals surface area contributed by atoms with E-state index in [2.05, 4.69) is 23.5 Å². The van der Waals surface area contributed by atoms with Crippen LogP contribution in [0.25, 0.3) is 10.2 Å². The molecule has 5 heteroatoms. The lowest BCUT2D eigenvalue weighted by Gasteiger charge is -2.17. The predicted molar refractivity (Wildman–Crippen MR) is 88.6 cm³/mol. The third kappa shape index (κ3) is 2.56. The van der Waals surface area contributed by atoms with Gasteiger partial charge in [0.15, 0.2) is 5.16 Å². The minimum absolute atomic E-state index is 0.645. The Bertz CT molecular complexity index is 675. The van der Waals surface area contributed by atoms with Gasteiger partial charge in [0.05, 0.1) is 5.39 Å². The first-order valence-corrected chi connectivity index (χ1v) is 8.69. The first-order chi connectivity index (χ1) is 9.54. The Hall–Kier alpha value is -1.07. The molecule has 0 unspecified atom stereocenters. The fourth-order valence-electron chi connectivity index (χ4n) is 2.60. The maximum absolute atomic E-state index is 6.19. The van der Waals surface area contributed by atoms with Gasteiger partial charge in [-0.3, -0.25) is 0 Å². The molecular formula is C15H19N3S2. The number of fused-ring (bicyclic) bond motifs is 3. The van der Waals surface area contributed by atoms with Gasteiger partial charge in [-0.2, -0.15) is 0 Å². The fraction of sp³-hybridized carbons (Fsp3) is 0.467. The number of aromatic nitrogens is 2. The fourth-order valence-corrected chi connectivity index (χ4v) is 4.74. The van der Waals surface area contributed by atoms with Crippen molar-refractivity contribution in [2.75, 3.05) is 11.5 Å². The second-order valence-electron chi connectivity index (χ2n) is 5.67. The molecule has 0 aliphatic heterocycles. The van der Waals surface area contributed by atoms with E-state index in [1.807, 2.05) is 6.92 Å². The molecule has 0 saturated carbocycles. The zero-order valence-electron chi connectivity index (χ0n) is 11.9. The van der Waals surface area contributed by atoms with Crippen LogP contribution in [0.1, 0.15) is 30.7 Å². The van der Waals surface area contributed by atoms with Crippen LogP contribution in [0.4, 0.5) is 5.82 Å². The van der Waals surface area contributed by atoms with Gasteiger partial charge in [-0.15, -0.1) is 11.3 Å². The van der Waals surface area contributed by atoms with Crippen LogP contribution in [-0.2, 0) is 12.8 Å². The van der Waals surface area contributed by atoms with Crippen molar-refractivity contribution in [3.8, 4) is 0 Å². The summed E-state index contributed by atoms with van der Waals surface area (Å²) in [5.74, 6) is 2.25. The molecule has 0 spiro atoms. The third-order valence-electron chi connectivity index (χ3n) is 3.61. The third-order valence-corrected chi connectivity index (χ3v) is 5.84. The molecule has 20 heavy (non-hydrogen) atoms. The Labute approximate surface area is 127 Å². The van der Waals surface area contributed by atoms with Crippen molar-refractivity contribution in [2.24, 2.45) is 5.92 Å². The molecule has 2 heterocycles. The standard InChI is InChI=1S/C15H19N3S2/c1-8(2)7-19-15-17-13(16)12-10-5-4-9(3)6-11(10)20-14(12)18-15/h9H,1,4-7H2,2-3H3,(H2,16,17,18)/t9-/m0/s1. The van der Waals surface area contributed by atoms with Gasteiger partial charge in [0, 0.05) is 10.6 Å². The summed E-state index contributed by atoms with van der Waals surface area (Å²) < 4.78 is 0. The number of hydrogen-bond acceptors (Lipinski definition) is 5. The average Bonchev–Trinajstić information content (AvgIpc) is 2.73. The van der Waals surface area contributed by atoms with Gasteiger partial charge in [0.2, 0.25) is 0 Å². The molecule has 2 aromatic rings. The molecule has 0 radical (unpaired) electrons. The SMILES string of the molecule is C=C(C)CSc1nc(N)c2c3c(sc2n1)C[C@@H](C)CC3. The van der Waals surface area contributed by atoms with Crippen LogP contribution < -0.4 is 5.73 Å². The first-order valence-electron chi connectivity index (χ1n) is 6.89. The number of aryl methyl sites for hydroxylation is 1. The van der Waals surface area contributed by atoms with Gasteiger partial charge < -0.3 is 5.73 Å². The summed E-state index contributed by atoms with van der Waals surface area (Å²) in [4.78, 5) is 11.7. The maximum Gasteiger partial charge on any atom is 0.191 e. The second kappa shape index (κ2) is 5.37. The smallest absolute Gasteiger partial charge is 0.191 e. The Balaban J connectivity index is 2.02. The highest BCUT2D eigenvalue weighted by Gasteiger charge is 2.23. The van der Waals surface area contributed by atoms with Crippen molar-refractivity contribution in [2.45, 2.75) is 38.3 Å². The van der Waals surface area contributed by atoms with Crippen LogP contribution >= 0.6 is 23.1 Å². The molecule has 0 fully saturated rings. The molecule has 0 aromatic carbocycles. The minimum Gasteiger partial charge on any atom is -0.383 e. The van der Waals surface area contributed by atoms with Crippen LogP contribution in [0.3, 0.4) is 0 Å². The lowest BCUT2D eigenvalue weighted by atomic mass is 9.89. The lowest BCUT2D eigenvalue weighted by molar-refractivity contribution is 0.509. The van der Waals surface area contributed by atoms with Crippen molar-refractivity contribution in [1.82, 2.24) is 9.97 Å². The maximum atomic E-state index is 6.19. The monoisotopic (exact) mass is 305 g/mol. The van der Waals surface area contributed by atoms with Crippen molar-refractivity contribution in [3.05, 3.63) is 22.6 Å². The van der Waals surface area contributed by atoms with Crippen molar-refractivity contribution in [1.29, 1.82) is 0 Å². The Morgan fingerprint density at radius 1 is 1.50 bits per heavy atom. The molecule has 0 amide bonds. The number of rotatable bonds is 3. The number of nitrogen functional groups attached to an aromatic ring is 1. The van der Waals surface area contributed by atoms with Crippen molar-refractivity contribution < 1.29 is 0 Å². The Morgan fingerprint density at radius 2 is 2.30 bits per heavy atom. The van der Waals surface area contributed by atoms with Gasteiger partial charge in [0.25, 0.3) is 0 Å². The summed E-state index contributed by atoms with van der Waals surface area (Å²) in [6.07, 6.45) is 3.51. The van der Waals surface area contributed by atoms with Gasteiger partial charge >= 0.3 is 0 Å². The van der Waals surface area contributed by atoms with Crippen LogP contribution in [0.2, 0.25) is 0 Å². The molecule has 3 nitrogen and oxygen atoms in total. The van der Waals surface area contributed by atoms with E-state index in [4.69, 9.17) is 5.73 Å². The zero-order chi connectivity index (χ0) is 14.3. The van der Waals surface area contributed by atoms with Crippen molar-refractivity contribution in [3.63, 3.8) is 0 Å². The van der Waals surface area contributed by atoms with E-state index in [1.54, 1.807) is 23.1 Å². The number of nitrogens with two attached hydrogens (primary N) is 1. The molecule has 2 aromatic heterocycles. The summed E-state index contributed by atoms with van der Waals surface area (Å²) in [7, 11) is 0. The predicted octanol–water partition coefficient (Wildman–Crippen LogP) is 4.07. The normalized spacial score (nSPS) is 18.2. The van der Waals surface area contributed by atoms with Crippen LogP contribution in [-0.4, -0.2) is 15.7 Å². The second-order valence-corrected chi connectivity index (χ2v) is 7.70. The highest BCUT2D eigenvalue weighted by Crippen LogP contribution is 2.39. The van der Waals surface area contributed by atoms with E-state index in [1.165, 1.54) is 16.9 Å².